The van der Waals surface area contributed by atoms with Crippen LogP contribution < -0.4 is 4.74 Å². The molecular formula is C15H20ClNO2. The van der Waals surface area contributed by atoms with Crippen molar-refractivity contribution in [1.82, 2.24) is 4.90 Å². The first kappa shape index (κ1) is 13.2. The molecule has 0 spiro atoms. The molecule has 1 aromatic rings. The van der Waals surface area contributed by atoms with Gasteiger partial charge in [0.2, 0.25) is 0 Å². The second kappa shape index (κ2) is 6.12. The molecule has 0 radical (unpaired) electrons. The van der Waals surface area contributed by atoms with Crippen molar-refractivity contribution >= 4 is 11.6 Å². The van der Waals surface area contributed by atoms with Gasteiger partial charge in [-0.15, -0.1) is 0 Å². The molecule has 2 aliphatic rings. The van der Waals surface area contributed by atoms with Crippen LogP contribution in [-0.4, -0.2) is 43.9 Å². The number of ether oxygens (including phenoxy) is 2. The van der Waals surface area contributed by atoms with E-state index in [4.69, 9.17) is 21.1 Å². The molecule has 1 aromatic carbocycles. The third kappa shape index (κ3) is 3.62. The maximum atomic E-state index is 5.94. The third-order valence-corrected chi connectivity index (χ3v) is 4.03. The fourth-order valence-corrected chi connectivity index (χ4v) is 2.98. The van der Waals surface area contributed by atoms with Crippen LogP contribution in [0, 0.1) is 5.92 Å². The average Bonchev–Trinajstić information content (AvgIpc) is 2.37. The van der Waals surface area contributed by atoms with Crippen LogP contribution in [0.4, 0.5) is 0 Å². The first-order chi connectivity index (χ1) is 9.29. The van der Waals surface area contributed by atoms with Crippen LogP contribution in [0.2, 0.25) is 5.02 Å². The summed E-state index contributed by atoms with van der Waals surface area (Å²) in [6, 6.07) is 7.63. The van der Waals surface area contributed by atoms with Crippen molar-refractivity contribution in [3.63, 3.8) is 0 Å². The lowest BCUT2D eigenvalue weighted by Crippen LogP contribution is -2.55. The first-order valence-electron chi connectivity index (χ1n) is 7.02. The summed E-state index contributed by atoms with van der Waals surface area (Å²) in [4.78, 5) is 2.45. The van der Waals surface area contributed by atoms with Crippen molar-refractivity contribution in [3.8, 4) is 5.75 Å². The SMILES string of the molecule is Clc1cccc(OC2CN(C[C@@H]3CCCOC3)C2)c1. The van der Waals surface area contributed by atoms with Gasteiger partial charge in [0.15, 0.2) is 0 Å². The molecule has 4 heteroatoms. The Labute approximate surface area is 119 Å². The van der Waals surface area contributed by atoms with Gasteiger partial charge in [-0.05, 0) is 37.0 Å². The molecule has 2 fully saturated rings. The minimum absolute atomic E-state index is 0.308. The van der Waals surface area contributed by atoms with Gasteiger partial charge < -0.3 is 9.47 Å². The van der Waals surface area contributed by atoms with E-state index < -0.39 is 0 Å². The molecule has 1 atom stereocenters. The average molecular weight is 282 g/mol. The van der Waals surface area contributed by atoms with Crippen LogP contribution >= 0.6 is 11.6 Å². The lowest BCUT2D eigenvalue weighted by Gasteiger charge is -2.41. The number of benzene rings is 1. The zero-order valence-corrected chi connectivity index (χ0v) is 11.8. The van der Waals surface area contributed by atoms with Crippen molar-refractivity contribution in [2.24, 2.45) is 5.92 Å². The van der Waals surface area contributed by atoms with Gasteiger partial charge >= 0.3 is 0 Å². The predicted molar refractivity (Wildman–Crippen MR) is 75.9 cm³/mol. The predicted octanol–water partition coefficient (Wildman–Crippen LogP) is 2.83. The van der Waals surface area contributed by atoms with Gasteiger partial charge in [-0.3, -0.25) is 4.90 Å². The Kier molecular flexibility index (Phi) is 4.26. The Morgan fingerprint density at radius 1 is 1.37 bits per heavy atom. The van der Waals surface area contributed by atoms with Crippen LogP contribution in [0.25, 0.3) is 0 Å². The van der Waals surface area contributed by atoms with Crippen LogP contribution in [0.3, 0.4) is 0 Å². The van der Waals surface area contributed by atoms with E-state index in [1.165, 1.54) is 12.8 Å². The Morgan fingerprint density at radius 3 is 3.00 bits per heavy atom. The molecule has 3 nitrogen and oxygen atoms in total. The van der Waals surface area contributed by atoms with Crippen molar-refractivity contribution in [2.75, 3.05) is 32.8 Å². The zero-order valence-electron chi connectivity index (χ0n) is 11.1. The fraction of sp³-hybridized carbons (Fsp3) is 0.600. The quantitative estimate of drug-likeness (QED) is 0.847. The highest BCUT2D eigenvalue weighted by molar-refractivity contribution is 6.30. The second-order valence-corrected chi connectivity index (χ2v) is 5.94. The molecule has 0 aromatic heterocycles. The zero-order chi connectivity index (χ0) is 13.1. The van der Waals surface area contributed by atoms with E-state index in [-0.39, 0.29) is 0 Å². The third-order valence-electron chi connectivity index (χ3n) is 3.79. The normalized spacial score (nSPS) is 25.0. The molecule has 2 heterocycles. The highest BCUT2D eigenvalue weighted by atomic mass is 35.5. The van der Waals surface area contributed by atoms with E-state index in [1.54, 1.807) is 0 Å². The van der Waals surface area contributed by atoms with E-state index in [0.717, 1.165) is 43.6 Å². The van der Waals surface area contributed by atoms with E-state index in [0.29, 0.717) is 12.0 Å². The smallest absolute Gasteiger partial charge is 0.124 e. The largest absolute Gasteiger partial charge is 0.488 e. The Morgan fingerprint density at radius 2 is 2.26 bits per heavy atom. The van der Waals surface area contributed by atoms with Crippen molar-refractivity contribution in [1.29, 1.82) is 0 Å². The molecule has 0 aliphatic carbocycles. The molecule has 0 amide bonds. The lowest BCUT2D eigenvalue weighted by atomic mass is 9.99. The second-order valence-electron chi connectivity index (χ2n) is 5.50. The fourth-order valence-electron chi connectivity index (χ4n) is 2.80. The molecule has 0 unspecified atom stereocenters. The maximum absolute atomic E-state index is 5.94. The molecule has 3 rings (SSSR count). The summed E-state index contributed by atoms with van der Waals surface area (Å²) in [6.45, 7) is 5.05. The van der Waals surface area contributed by atoms with Gasteiger partial charge in [-0.2, -0.15) is 0 Å². The number of nitrogens with zero attached hydrogens (tertiary/aromatic N) is 1. The summed E-state index contributed by atoms with van der Waals surface area (Å²) < 4.78 is 11.4. The summed E-state index contributed by atoms with van der Waals surface area (Å²) in [7, 11) is 0. The summed E-state index contributed by atoms with van der Waals surface area (Å²) in [6.07, 6.45) is 2.82. The van der Waals surface area contributed by atoms with E-state index >= 15 is 0 Å². The maximum Gasteiger partial charge on any atom is 0.124 e. The number of rotatable bonds is 4. The van der Waals surface area contributed by atoms with Crippen LogP contribution in [-0.2, 0) is 4.74 Å². The number of likely N-dealkylation sites (tertiary alicyclic amines) is 1. The molecule has 104 valence electrons. The van der Waals surface area contributed by atoms with Gasteiger partial charge in [-0.25, -0.2) is 0 Å². The summed E-state index contributed by atoms with van der Waals surface area (Å²) in [5.41, 5.74) is 0. The van der Waals surface area contributed by atoms with Gasteiger partial charge in [-0.1, -0.05) is 17.7 Å². The standard InChI is InChI=1S/C15H20ClNO2/c16-13-4-1-5-14(7-13)19-15-9-17(10-15)8-12-3-2-6-18-11-12/h1,4-5,7,12,15H,2-3,6,8-11H2/t12-/m0/s1. The summed E-state index contributed by atoms with van der Waals surface area (Å²) in [5.74, 6) is 1.58. The molecule has 2 saturated heterocycles. The minimum atomic E-state index is 0.308. The monoisotopic (exact) mass is 281 g/mol. The first-order valence-corrected chi connectivity index (χ1v) is 7.40. The van der Waals surface area contributed by atoms with Crippen LogP contribution in [0.1, 0.15) is 12.8 Å². The minimum Gasteiger partial charge on any atom is -0.488 e. The Bertz CT molecular complexity index is 414. The molecule has 0 saturated carbocycles. The van der Waals surface area contributed by atoms with E-state index in [9.17, 15) is 0 Å². The lowest BCUT2D eigenvalue weighted by molar-refractivity contribution is -0.0171. The Hall–Kier alpha value is -0.770. The molecule has 0 N–H and O–H groups in total. The number of hydrogen-bond acceptors (Lipinski definition) is 3. The highest BCUT2D eigenvalue weighted by Gasteiger charge is 2.30. The molecule has 0 bridgehead atoms. The highest BCUT2D eigenvalue weighted by Crippen LogP contribution is 2.23. The van der Waals surface area contributed by atoms with Gasteiger partial charge in [0, 0.05) is 31.3 Å². The van der Waals surface area contributed by atoms with Gasteiger partial charge in [0.05, 0.1) is 6.61 Å². The van der Waals surface area contributed by atoms with Crippen molar-refractivity contribution < 1.29 is 9.47 Å². The number of halogens is 1. The van der Waals surface area contributed by atoms with E-state index in [2.05, 4.69) is 4.90 Å². The summed E-state index contributed by atoms with van der Waals surface area (Å²) >= 11 is 5.94. The van der Waals surface area contributed by atoms with E-state index in [1.807, 2.05) is 24.3 Å². The van der Waals surface area contributed by atoms with Crippen molar-refractivity contribution in [2.45, 2.75) is 18.9 Å². The van der Waals surface area contributed by atoms with Crippen molar-refractivity contribution in [3.05, 3.63) is 29.3 Å². The molecule has 19 heavy (non-hydrogen) atoms. The van der Waals surface area contributed by atoms with Gasteiger partial charge in [0.1, 0.15) is 11.9 Å². The number of hydrogen-bond donors (Lipinski definition) is 0. The van der Waals surface area contributed by atoms with Crippen LogP contribution in [0.15, 0.2) is 24.3 Å². The Balaban J connectivity index is 1.40. The topological polar surface area (TPSA) is 21.7 Å². The van der Waals surface area contributed by atoms with Gasteiger partial charge in [0.25, 0.3) is 0 Å². The van der Waals surface area contributed by atoms with Crippen LogP contribution in [0.5, 0.6) is 5.75 Å². The molecule has 2 aliphatic heterocycles. The molecular weight excluding hydrogens is 262 g/mol. The summed E-state index contributed by atoms with van der Waals surface area (Å²) in [5, 5.41) is 0.730.